The van der Waals surface area contributed by atoms with Crippen molar-refractivity contribution in [2.24, 2.45) is 0 Å². The van der Waals surface area contributed by atoms with Gasteiger partial charge in [0.2, 0.25) is 0 Å². The molecule has 0 unspecified atom stereocenters. The van der Waals surface area contributed by atoms with E-state index in [9.17, 15) is 4.79 Å². The van der Waals surface area contributed by atoms with E-state index in [1.54, 1.807) is 6.07 Å². The van der Waals surface area contributed by atoms with E-state index in [1.807, 2.05) is 39.0 Å². The van der Waals surface area contributed by atoms with Crippen molar-refractivity contribution < 1.29 is 9.15 Å². The highest BCUT2D eigenvalue weighted by atomic mass is 16.5. The first kappa shape index (κ1) is 18.2. The lowest BCUT2D eigenvalue weighted by atomic mass is 10.0. The Kier molecular flexibility index (Phi) is 5.43. The van der Waals surface area contributed by atoms with Crippen molar-refractivity contribution in [3.63, 3.8) is 0 Å². The highest BCUT2D eigenvalue weighted by molar-refractivity contribution is 5.83. The third-order valence-corrected chi connectivity index (χ3v) is 4.64. The number of fused-ring (bicyclic) bond motifs is 1. The van der Waals surface area contributed by atoms with Gasteiger partial charge in [0.25, 0.3) is 0 Å². The van der Waals surface area contributed by atoms with Gasteiger partial charge < -0.3 is 9.15 Å². The van der Waals surface area contributed by atoms with Gasteiger partial charge in [-0.25, -0.2) is 4.79 Å². The minimum Gasteiger partial charge on any atom is -0.494 e. The normalized spacial score (nSPS) is 11.3. The van der Waals surface area contributed by atoms with Gasteiger partial charge in [-0.3, -0.25) is 4.90 Å². The predicted molar refractivity (Wildman–Crippen MR) is 105 cm³/mol. The smallest absolute Gasteiger partial charge is 0.336 e. The molecule has 0 amide bonds. The van der Waals surface area contributed by atoms with Gasteiger partial charge in [0, 0.05) is 24.5 Å². The van der Waals surface area contributed by atoms with Crippen molar-refractivity contribution in [3.05, 3.63) is 75.1 Å². The zero-order chi connectivity index (χ0) is 18.7. The fourth-order valence-corrected chi connectivity index (χ4v) is 3.17. The number of ether oxygens (including phenoxy) is 1. The lowest BCUT2D eigenvalue weighted by molar-refractivity contribution is 0.318. The summed E-state index contributed by atoms with van der Waals surface area (Å²) in [5.41, 5.74) is 4.75. The van der Waals surface area contributed by atoms with Crippen LogP contribution in [0.15, 0.2) is 51.7 Å². The van der Waals surface area contributed by atoms with Crippen LogP contribution in [0.25, 0.3) is 11.0 Å². The molecule has 0 fully saturated rings. The van der Waals surface area contributed by atoms with Crippen LogP contribution >= 0.6 is 0 Å². The van der Waals surface area contributed by atoms with Gasteiger partial charge in [-0.1, -0.05) is 24.3 Å². The number of nitrogens with zero attached hydrogens (tertiary/aromatic N) is 1. The van der Waals surface area contributed by atoms with E-state index in [4.69, 9.17) is 9.15 Å². The summed E-state index contributed by atoms with van der Waals surface area (Å²) in [5.74, 6) is 0.886. The standard InChI is InChI=1S/C22H25NO3/c1-5-25-19-9-7-17(8-10-19)13-23(4)14-18-12-21(24)26-22-16(3)15(2)6-11-20(18)22/h6-12H,5,13-14H2,1-4H3. The van der Waals surface area contributed by atoms with Gasteiger partial charge >= 0.3 is 5.63 Å². The molecule has 4 nitrogen and oxygen atoms in total. The summed E-state index contributed by atoms with van der Waals surface area (Å²) in [6.45, 7) is 8.14. The van der Waals surface area contributed by atoms with Crippen LogP contribution in [0, 0.1) is 13.8 Å². The van der Waals surface area contributed by atoms with E-state index in [0.29, 0.717) is 18.7 Å². The summed E-state index contributed by atoms with van der Waals surface area (Å²) >= 11 is 0. The number of hydrogen-bond donors (Lipinski definition) is 0. The van der Waals surface area contributed by atoms with Crippen LogP contribution in [0.1, 0.15) is 29.2 Å². The first-order valence-corrected chi connectivity index (χ1v) is 8.91. The van der Waals surface area contributed by atoms with Gasteiger partial charge in [-0.05, 0) is 62.2 Å². The van der Waals surface area contributed by atoms with E-state index < -0.39 is 0 Å². The summed E-state index contributed by atoms with van der Waals surface area (Å²) in [6.07, 6.45) is 0. The maximum atomic E-state index is 12.0. The van der Waals surface area contributed by atoms with Crippen LogP contribution in [-0.2, 0) is 13.1 Å². The second kappa shape index (κ2) is 7.75. The molecule has 0 saturated carbocycles. The molecule has 1 aromatic heterocycles. The maximum Gasteiger partial charge on any atom is 0.336 e. The molecule has 0 aliphatic heterocycles. The average Bonchev–Trinajstić information content (AvgIpc) is 2.60. The predicted octanol–water partition coefficient (Wildman–Crippen LogP) is 4.44. The largest absolute Gasteiger partial charge is 0.494 e. The third kappa shape index (κ3) is 3.97. The Balaban J connectivity index is 1.82. The minimum absolute atomic E-state index is 0.296. The highest BCUT2D eigenvalue weighted by Gasteiger charge is 2.11. The molecule has 136 valence electrons. The topological polar surface area (TPSA) is 42.7 Å². The van der Waals surface area contributed by atoms with E-state index in [0.717, 1.165) is 34.4 Å². The molecule has 1 heterocycles. The summed E-state index contributed by atoms with van der Waals surface area (Å²) < 4.78 is 10.9. The van der Waals surface area contributed by atoms with Gasteiger partial charge in [-0.2, -0.15) is 0 Å². The number of aryl methyl sites for hydroxylation is 2. The Morgan fingerprint density at radius 3 is 2.46 bits per heavy atom. The van der Waals surface area contributed by atoms with E-state index in [-0.39, 0.29) is 5.63 Å². The zero-order valence-corrected chi connectivity index (χ0v) is 15.8. The monoisotopic (exact) mass is 351 g/mol. The molecule has 4 heteroatoms. The summed E-state index contributed by atoms with van der Waals surface area (Å²) in [7, 11) is 2.05. The molecule has 0 N–H and O–H groups in total. The molecule has 3 rings (SSSR count). The van der Waals surface area contributed by atoms with Crippen LogP contribution in [0.4, 0.5) is 0 Å². The summed E-state index contributed by atoms with van der Waals surface area (Å²) in [6, 6.07) is 13.9. The second-order valence-electron chi connectivity index (χ2n) is 6.72. The van der Waals surface area contributed by atoms with Crippen molar-refractivity contribution in [1.29, 1.82) is 0 Å². The molecular weight excluding hydrogens is 326 g/mol. The average molecular weight is 351 g/mol. The third-order valence-electron chi connectivity index (χ3n) is 4.64. The Bertz CT molecular complexity index is 958. The second-order valence-corrected chi connectivity index (χ2v) is 6.72. The molecule has 2 aromatic carbocycles. The number of hydrogen-bond acceptors (Lipinski definition) is 4. The van der Waals surface area contributed by atoms with Crippen molar-refractivity contribution in [1.82, 2.24) is 4.90 Å². The van der Waals surface area contributed by atoms with Crippen LogP contribution < -0.4 is 10.4 Å². The lowest BCUT2D eigenvalue weighted by Crippen LogP contribution is -2.18. The van der Waals surface area contributed by atoms with Gasteiger partial charge in [0.05, 0.1) is 6.61 Å². The van der Waals surface area contributed by atoms with Crippen molar-refractivity contribution in [2.45, 2.75) is 33.9 Å². The van der Waals surface area contributed by atoms with E-state index in [2.05, 4.69) is 30.1 Å². The Morgan fingerprint density at radius 1 is 1.04 bits per heavy atom. The Morgan fingerprint density at radius 2 is 1.77 bits per heavy atom. The van der Waals surface area contributed by atoms with Crippen molar-refractivity contribution >= 4 is 11.0 Å². The number of rotatable bonds is 6. The minimum atomic E-state index is -0.296. The van der Waals surface area contributed by atoms with Gasteiger partial charge in [0.15, 0.2) is 0 Å². The Hall–Kier alpha value is -2.59. The van der Waals surface area contributed by atoms with Crippen LogP contribution in [0.3, 0.4) is 0 Å². The first-order chi connectivity index (χ1) is 12.5. The van der Waals surface area contributed by atoms with E-state index >= 15 is 0 Å². The molecule has 0 spiro atoms. The van der Waals surface area contributed by atoms with Gasteiger partial charge in [0.1, 0.15) is 11.3 Å². The van der Waals surface area contributed by atoms with Crippen molar-refractivity contribution in [3.8, 4) is 5.75 Å². The molecule has 0 atom stereocenters. The molecule has 0 radical (unpaired) electrons. The molecule has 0 bridgehead atoms. The maximum absolute atomic E-state index is 12.0. The van der Waals surface area contributed by atoms with E-state index in [1.165, 1.54) is 5.56 Å². The summed E-state index contributed by atoms with van der Waals surface area (Å²) in [4.78, 5) is 14.2. The lowest BCUT2D eigenvalue weighted by Gasteiger charge is -2.18. The molecule has 26 heavy (non-hydrogen) atoms. The van der Waals surface area contributed by atoms with Crippen LogP contribution in [0.2, 0.25) is 0 Å². The van der Waals surface area contributed by atoms with Gasteiger partial charge in [-0.15, -0.1) is 0 Å². The molecule has 0 aliphatic carbocycles. The summed E-state index contributed by atoms with van der Waals surface area (Å²) in [5, 5.41) is 1.01. The van der Waals surface area contributed by atoms with Crippen LogP contribution in [0.5, 0.6) is 5.75 Å². The zero-order valence-electron chi connectivity index (χ0n) is 15.8. The fourth-order valence-electron chi connectivity index (χ4n) is 3.17. The fraction of sp³-hybridized carbons (Fsp3) is 0.318. The first-order valence-electron chi connectivity index (χ1n) is 8.91. The molecular formula is C22H25NO3. The van der Waals surface area contributed by atoms with Crippen LogP contribution in [-0.4, -0.2) is 18.6 Å². The SMILES string of the molecule is CCOc1ccc(CN(C)Cc2cc(=O)oc3c(C)c(C)ccc23)cc1. The molecule has 0 aliphatic rings. The molecule has 3 aromatic rings. The number of benzene rings is 2. The Labute approximate surface area is 154 Å². The quantitative estimate of drug-likeness (QED) is 0.616. The van der Waals surface area contributed by atoms with Crippen molar-refractivity contribution in [2.75, 3.05) is 13.7 Å². The highest BCUT2D eigenvalue weighted by Crippen LogP contribution is 2.24. The molecule has 0 saturated heterocycles.